The lowest BCUT2D eigenvalue weighted by atomic mass is 9.96. The van der Waals surface area contributed by atoms with Crippen LogP contribution in [0.4, 0.5) is 5.69 Å². The number of aromatic nitrogens is 1. The number of anilines is 1. The highest BCUT2D eigenvalue weighted by Gasteiger charge is 2.18. The van der Waals surface area contributed by atoms with E-state index < -0.39 is 0 Å². The molecule has 2 heterocycles. The molecule has 21 heavy (non-hydrogen) atoms. The Morgan fingerprint density at radius 1 is 1.19 bits per heavy atom. The van der Waals surface area contributed by atoms with E-state index in [1.165, 1.54) is 23.9 Å². The van der Waals surface area contributed by atoms with Crippen molar-refractivity contribution in [1.29, 1.82) is 0 Å². The van der Waals surface area contributed by atoms with Gasteiger partial charge in [0.25, 0.3) is 0 Å². The van der Waals surface area contributed by atoms with E-state index in [-0.39, 0.29) is 6.61 Å². The lowest BCUT2D eigenvalue weighted by Gasteiger charge is -2.31. The number of aliphatic hydroxyl groups excluding tert-OH is 1. The molecule has 112 valence electrons. The van der Waals surface area contributed by atoms with Crippen molar-refractivity contribution in [3.8, 4) is 0 Å². The second-order valence-corrected chi connectivity index (χ2v) is 5.77. The Kier molecular flexibility index (Phi) is 4.68. The van der Waals surface area contributed by atoms with Crippen molar-refractivity contribution in [3.05, 3.63) is 36.5 Å². The average molecular weight is 285 g/mol. The molecule has 1 aliphatic heterocycles. The normalized spacial score (nSPS) is 17.2. The third-order valence-electron chi connectivity index (χ3n) is 4.35. The largest absolute Gasteiger partial charge is 0.395 e. The molecule has 1 aromatic heterocycles. The summed E-state index contributed by atoms with van der Waals surface area (Å²) >= 11 is 0. The van der Waals surface area contributed by atoms with Gasteiger partial charge >= 0.3 is 0 Å². The van der Waals surface area contributed by atoms with Crippen LogP contribution in [0.1, 0.15) is 12.8 Å². The molecule has 1 fully saturated rings. The number of piperidine rings is 1. The summed E-state index contributed by atoms with van der Waals surface area (Å²) in [5.74, 6) is 0.715. The van der Waals surface area contributed by atoms with Crippen LogP contribution in [0.15, 0.2) is 36.5 Å². The third kappa shape index (κ3) is 3.52. The van der Waals surface area contributed by atoms with Crippen molar-refractivity contribution < 1.29 is 5.11 Å². The maximum absolute atomic E-state index is 8.98. The van der Waals surface area contributed by atoms with Crippen LogP contribution in [0.25, 0.3) is 10.9 Å². The fourth-order valence-corrected chi connectivity index (χ4v) is 3.06. The first-order valence-corrected chi connectivity index (χ1v) is 7.77. The molecule has 1 aliphatic rings. The summed E-state index contributed by atoms with van der Waals surface area (Å²) in [5.41, 5.74) is 2.22. The summed E-state index contributed by atoms with van der Waals surface area (Å²) < 4.78 is 0. The van der Waals surface area contributed by atoms with E-state index >= 15 is 0 Å². The molecule has 0 saturated carbocycles. The zero-order valence-corrected chi connectivity index (χ0v) is 12.3. The van der Waals surface area contributed by atoms with E-state index in [0.717, 1.165) is 31.7 Å². The number of nitrogens with zero attached hydrogens (tertiary/aromatic N) is 2. The van der Waals surface area contributed by atoms with E-state index in [9.17, 15) is 0 Å². The first-order chi connectivity index (χ1) is 10.4. The second kappa shape index (κ2) is 6.87. The van der Waals surface area contributed by atoms with Crippen LogP contribution in [0.3, 0.4) is 0 Å². The van der Waals surface area contributed by atoms with Crippen LogP contribution in [0.5, 0.6) is 0 Å². The van der Waals surface area contributed by atoms with Crippen molar-refractivity contribution in [2.24, 2.45) is 5.92 Å². The summed E-state index contributed by atoms with van der Waals surface area (Å²) in [6, 6.07) is 10.3. The molecule has 4 heteroatoms. The van der Waals surface area contributed by atoms with Crippen molar-refractivity contribution in [2.45, 2.75) is 12.8 Å². The Labute approximate surface area is 125 Å². The SMILES string of the molecule is OCCN1CCC(CNc2ccnc3ccccc23)CC1. The summed E-state index contributed by atoms with van der Waals surface area (Å²) in [5, 5.41) is 13.8. The van der Waals surface area contributed by atoms with Gasteiger partial charge in [-0.2, -0.15) is 0 Å². The van der Waals surface area contributed by atoms with Crippen LogP contribution in [-0.4, -0.2) is 47.8 Å². The van der Waals surface area contributed by atoms with E-state index in [1.807, 2.05) is 18.3 Å². The second-order valence-electron chi connectivity index (χ2n) is 5.77. The van der Waals surface area contributed by atoms with Gasteiger partial charge in [-0.05, 0) is 44.0 Å². The summed E-state index contributed by atoms with van der Waals surface area (Å²) in [6.07, 6.45) is 4.28. The zero-order valence-electron chi connectivity index (χ0n) is 12.3. The summed E-state index contributed by atoms with van der Waals surface area (Å²) in [6.45, 7) is 4.30. The zero-order chi connectivity index (χ0) is 14.5. The van der Waals surface area contributed by atoms with E-state index in [4.69, 9.17) is 5.11 Å². The molecule has 0 amide bonds. The number of pyridine rings is 1. The van der Waals surface area contributed by atoms with Gasteiger partial charge in [0, 0.05) is 30.4 Å². The van der Waals surface area contributed by atoms with Crippen molar-refractivity contribution in [3.63, 3.8) is 0 Å². The maximum atomic E-state index is 8.98. The Hall–Kier alpha value is -1.65. The Balaban J connectivity index is 1.58. The van der Waals surface area contributed by atoms with Gasteiger partial charge in [0.15, 0.2) is 0 Å². The molecule has 0 aliphatic carbocycles. The number of aliphatic hydroxyl groups is 1. The predicted molar refractivity (Wildman–Crippen MR) is 86.5 cm³/mol. The molecule has 0 radical (unpaired) electrons. The number of likely N-dealkylation sites (tertiary alicyclic amines) is 1. The van der Waals surface area contributed by atoms with E-state index in [0.29, 0.717) is 5.92 Å². The Morgan fingerprint density at radius 2 is 2.00 bits per heavy atom. The highest BCUT2D eigenvalue weighted by atomic mass is 16.3. The number of fused-ring (bicyclic) bond motifs is 1. The minimum Gasteiger partial charge on any atom is -0.395 e. The van der Waals surface area contributed by atoms with Gasteiger partial charge in [-0.25, -0.2) is 0 Å². The fraction of sp³-hybridized carbons (Fsp3) is 0.471. The molecule has 0 spiro atoms. The predicted octanol–water partition coefficient (Wildman–Crippen LogP) is 2.35. The maximum Gasteiger partial charge on any atom is 0.0722 e. The molecule has 4 nitrogen and oxygen atoms in total. The average Bonchev–Trinajstić information content (AvgIpc) is 2.54. The van der Waals surface area contributed by atoms with Crippen molar-refractivity contribution in [2.75, 3.05) is 38.1 Å². The van der Waals surface area contributed by atoms with Crippen LogP contribution < -0.4 is 5.32 Å². The van der Waals surface area contributed by atoms with E-state index in [1.54, 1.807) is 0 Å². The number of hydrogen-bond donors (Lipinski definition) is 2. The highest BCUT2D eigenvalue weighted by molar-refractivity contribution is 5.90. The topological polar surface area (TPSA) is 48.4 Å². The molecule has 1 saturated heterocycles. The smallest absolute Gasteiger partial charge is 0.0722 e. The van der Waals surface area contributed by atoms with Crippen LogP contribution in [-0.2, 0) is 0 Å². The first kappa shape index (κ1) is 14.3. The molecule has 2 N–H and O–H groups in total. The molecule has 2 aromatic rings. The summed E-state index contributed by atoms with van der Waals surface area (Å²) in [7, 11) is 0. The lowest BCUT2D eigenvalue weighted by Crippen LogP contribution is -2.37. The number of hydrogen-bond acceptors (Lipinski definition) is 4. The van der Waals surface area contributed by atoms with Gasteiger partial charge in [-0.3, -0.25) is 4.98 Å². The van der Waals surface area contributed by atoms with Gasteiger partial charge < -0.3 is 15.3 Å². The fourth-order valence-electron chi connectivity index (χ4n) is 3.06. The Bertz CT molecular complexity index is 574. The summed E-state index contributed by atoms with van der Waals surface area (Å²) in [4.78, 5) is 6.74. The van der Waals surface area contributed by atoms with Gasteiger partial charge in [-0.15, -0.1) is 0 Å². The van der Waals surface area contributed by atoms with Gasteiger partial charge in [-0.1, -0.05) is 18.2 Å². The van der Waals surface area contributed by atoms with Gasteiger partial charge in [0.05, 0.1) is 12.1 Å². The van der Waals surface area contributed by atoms with E-state index in [2.05, 4.69) is 33.4 Å². The van der Waals surface area contributed by atoms with Crippen LogP contribution >= 0.6 is 0 Å². The number of rotatable bonds is 5. The molecule has 0 bridgehead atoms. The molecular weight excluding hydrogens is 262 g/mol. The standard InChI is InChI=1S/C17H23N3O/c21-12-11-20-9-6-14(7-10-20)13-19-17-5-8-18-16-4-2-1-3-15(16)17/h1-5,8,14,21H,6-7,9-13H2,(H,18,19). The molecule has 0 atom stereocenters. The van der Waals surface area contributed by atoms with Crippen molar-refractivity contribution >= 4 is 16.6 Å². The monoisotopic (exact) mass is 285 g/mol. The van der Waals surface area contributed by atoms with Gasteiger partial charge in [0.1, 0.15) is 0 Å². The van der Waals surface area contributed by atoms with Crippen molar-refractivity contribution in [1.82, 2.24) is 9.88 Å². The molecule has 0 unspecified atom stereocenters. The van der Waals surface area contributed by atoms with Crippen LogP contribution in [0, 0.1) is 5.92 Å². The molecular formula is C17H23N3O. The molecule has 3 rings (SSSR count). The molecule has 1 aromatic carbocycles. The minimum absolute atomic E-state index is 0.270. The number of nitrogens with one attached hydrogen (secondary N) is 1. The van der Waals surface area contributed by atoms with Gasteiger partial charge in [0.2, 0.25) is 0 Å². The quantitative estimate of drug-likeness (QED) is 0.885. The Morgan fingerprint density at radius 3 is 2.81 bits per heavy atom. The number of para-hydroxylation sites is 1. The first-order valence-electron chi connectivity index (χ1n) is 7.77. The highest BCUT2D eigenvalue weighted by Crippen LogP contribution is 2.23. The minimum atomic E-state index is 0.270. The lowest BCUT2D eigenvalue weighted by molar-refractivity contribution is 0.151. The number of benzene rings is 1. The number of β-amino-alcohol motifs (C(OH)–C–C–N with tert-alkyl or cyclic N) is 1. The van der Waals surface area contributed by atoms with Crippen LogP contribution in [0.2, 0.25) is 0 Å². The third-order valence-corrected chi connectivity index (χ3v) is 4.35.